The average molecular weight is 271 g/mol. The Morgan fingerprint density at radius 1 is 0.524 bits per heavy atom. The molecule has 0 bridgehead atoms. The molecule has 0 spiro atoms. The Balaban J connectivity index is 0.000000143. The number of fused-ring (bicyclic) bond motifs is 3. The van der Waals surface area contributed by atoms with Crippen LogP contribution in [0.2, 0.25) is 0 Å². The van der Waals surface area contributed by atoms with Crippen molar-refractivity contribution in [3.8, 4) is 0 Å². The summed E-state index contributed by atoms with van der Waals surface area (Å²) in [5, 5.41) is 4.69. The van der Waals surface area contributed by atoms with Gasteiger partial charge in [-0.3, -0.25) is 0 Å². The molecule has 1 nitrogen and oxygen atoms in total. The van der Waals surface area contributed by atoms with Gasteiger partial charge in [-0.15, -0.1) is 0 Å². The zero-order valence-electron chi connectivity index (χ0n) is 11.8. The molecule has 0 unspecified atom stereocenters. The Kier molecular flexibility index (Phi) is 3.57. The summed E-state index contributed by atoms with van der Waals surface area (Å²) in [5.74, 6) is 0. The van der Waals surface area contributed by atoms with Crippen LogP contribution in [-0.4, -0.2) is 4.98 Å². The van der Waals surface area contributed by atoms with E-state index in [1.807, 2.05) is 24.3 Å². The minimum Gasteiger partial charge on any atom is -0.355 e. The zero-order valence-corrected chi connectivity index (χ0v) is 11.8. The van der Waals surface area contributed by atoms with Gasteiger partial charge >= 0.3 is 0 Å². The summed E-state index contributed by atoms with van der Waals surface area (Å²) >= 11 is 0. The lowest BCUT2D eigenvalue weighted by Gasteiger charge is -1.87. The van der Waals surface area contributed by atoms with Crippen molar-refractivity contribution >= 4 is 35.0 Å². The molecule has 0 aliphatic rings. The number of benzene rings is 3. The molecule has 1 N–H and O–H groups in total. The molecule has 1 heteroatoms. The maximum absolute atomic E-state index is 3.73. The number of nitrogens with one attached hydrogen (secondary N) is 1. The van der Waals surface area contributed by atoms with E-state index in [0.29, 0.717) is 0 Å². The standard InChI is InChI=1S/C12H9N.C8H8/c1-3-7-11-9(5-1)10-6-2-4-8-12(10)13-11;1-7-3-5-8(2)6-4-7/h1-8,13H;3-6H,1-2H2. The predicted octanol–water partition coefficient (Wildman–Crippen LogP) is 3.83. The van der Waals surface area contributed by atoms with Gasteiger partial charge < -0.3 is 4.98 Å². The smallest absolute Gasteiger partial charge is 0.0464 e. The van der Waals surface area contributed by atoms with Gasteiger partial charge in [-0.2, -0.15) is 0 Å². The van der Waals surface area contributed by atoms with E-state index in [1.54, 1.807) is 0 Å². The van der Waals surface area contributed by atoms with Crippen molar-refractivity contribution in [1.29, 1.82) is 0 Å². The van der Waals surface area contributed by atoms with Gasteiger partial charge in [-0.25, -0.2) is 0 Å². The molecule has 4 rings (SSSR count). The number of H-pyrrole nitrogens is 1. The van der Waals surface area contributed by atoms with Crippen molar-refractivity contribution in [2.75, 3.05) is 0 Å². The van der Waals surface area contributed by atoms with Gasteiger partial charge in [0.25, 0.3) is 0 Å². The number of aromatic amines is 1. The SMILES string of the molecule is C=c1ccc(=C)cc1.c1ccc2c(c1)[nH]c1ccccc12. The summed E-state index contributed by atoms with van der Waals surface area (Å²) in [6, 6.07) is 24.5. The van der Waals surface area contributed by atoms with Gasteiger partial charge in [0, 0.05) is 21.8 Å². The highest BCUT2D eigenvalue weighted by molar-refractivity contribution is 6.06. The first-order valence-electron chi connectivity index (χ1n) is 6.93. The van der Waals surface area contributed by atoms with Crippen molar-refractivity contribution in [2.45, 2.75) is 0 Å². The first kappa shape index (κ1) is 13.2. The second-order valence-electron chi connectivity index (χ2n) is 5.03. The van der Waals surface area contributed by atoms with E-state index in [2.05, 4.69) is 66.7 Å². The number of para-hydroxylation sites is 2. The molecule has 4 aromatic rings. The van der Waals surface area contributed by atoms with Crippen LogP contribution in [0.25, 0.3) is 35.0 Å². The van der Waals surface area contributed by atoms with Crippen LogP contribution >= 0.6 is 0 Å². The molecule has 21 heavy (non-hydrogen) atoms. The van der Waals surface area contributed by atoms with Crippen molar-refractivity contribution < 1.29 is 0 Å². The quantitative estimate of drug-likeness (QED) is 0.500. The van der Waals surface area contributed by atoms with E-state index in [4.69, 9.17) is 0 Å². The largest absolute Gasteiger partial charge is 0.355 e. The van der Waals surface area contributed by atoms with Crippen LogP contribution in [0.4, 0.5) is 0 Å². The van der Waals surface area contributed by atoms with Gasteiger partial charge in [0.05, 0.1) is 0 Å². The van der Waals surface area contributed by atoms with Gasteiger partial charge in [-0.1, -0.05) is 73.8 Å². The molecule has 102 valence electrons. The molecule has 0 aliphatic heterocycles. The summed E-state index contributed by atoms with van der Waals surface area (Å²) < 4.78 is 0. The Labute approximate surface area is 123 Å². The van der Waals surface area contributed by atoms with Gasteiger partial charge in [0.1, 0.15) is 0 Å². The highest BCUT2D eigenvalue weighted by Crippen LogP contribution is 2.24. The summed E-state index contributed by atoms with van der Waals surface area (Å²) in [6.07, 6.45) is 0. The molecular weight excluding hydrogens is 254 g/mol. The third-order valence-corrected chi connectivity index (χ3v) is 3.44. The first-order valence-corrected chi connectivity index (χ1v) is 6.93. The van der Waals surface area contributed by atoms with Crippen LogP contribution in [-0.2, 0) is 0 Å². The van der Waals surface area contributed by atoms with E-state index in [9.17, 15) is 0 Å². The highest BCUT2D eigenvalue weighted by atomic mass is 14.7. The Morgan fingerprint density at radius 2 is 0.905 bits per heavy atom. The third kappa shape index (κ3) is 2.87. The van der Waals surface area contributed by atoms with Crippen LogP contribution in [0.15, 0.2) is 72.8 Å². The average Bonchev–Trinajstić information content (AvgIpc) is 2.90. The number of rotatable bonds is 0. The molecule has 1 aromatic heterocycles. The predicted molar refractivity (Wildman–Crippen MR) is 92.5 cm³/mol. The number of aromatic nitrogens is 1. The second-order valence-corrected chi connectivity index (χ2v) is 5.03. The molecule has 0 aliphatic carbocycles. The number of hydrogen-bond donors (Lipinski definition) is 1. The minimum absolute atomic E-state index is 1.04. The van der Waals surface area contributed by atoms with Gasteiger partial charge in [0.15, 0.2) is 0 Å². The van der Waals surface area contributed by atoms with Gasteiger partial charge in [0.2, 0.25) is 0 Å². The monoisotopic (exact) mass is 271 g/mol. The second kappa shape index (κ2) is 5.68. The highest BCUT2D eigenvalue weighted by Gasteiger charge is 2.00. The lowest BCUT2D eigenvalue weighted by Crippen LogP contribution is -2.02. The van der Waals surface area contributed by atoms with Crippen LogP contribution < -0.4 is 10.4 Å². The lowest BCUT2D eigenvalue weighted by atomic mass is 10.2. The fourth-order valence-corrected chi connectivity index (χ4v) is 2.34. The Morgan fingerprint density at radius 3 is 1.33 bits per heavy atom. The maximum Gasteiger partial charge on any atom is 0.0464 e. The molecule has 0 amide bonds. The van der Waals surface area contributed by atoms with Crippen molar-refractivity contribution in [3.63, 3.8) is 0 Å². The van der Waals surface area contributed by atoms with E-state index in [-0.39, 0.29) is 0 Å². The fraction of sp³-hybridized carbons (Fsp3) is 0. The third-order valence-electron chi connectivity index (χ3n) is 3.44. The van der Waals surface area contributed by atoms with E-state index < -0.39 is 0 Å². The van der Waals surface area contributed by atoms with Crippen LogP contribution in [0, 0.1) is 0 Å². The van der Waals surface area contributed by atoms with Crippen molar-refractivity contribution in [1.82, 2.24) is 4.98 Å². The summed E-state index contributed by atoms with van der Waals surface area (Å²) in [7, 11) is 0. The van der Waals surface area contributed by atoms with Crippen LogP contribution in [0.3, 0.4) is 0 Å². The normalized spacial score (nSPS) is 10.3. The van der Waals surface area contributed by atoms with Crippen molar-refractivity contribution in [2.24, 2.45) is 0 Å². The zero-order chi connectivity index (χ0) is 14.7. The lowest BCUT2D eigenvalue weighted by molar-refractivity contribution is 1.55. The molecule has 0 fully saturated rings. The van der Waals surface area contributed by atoms with Crippen molar-refractivity contribution in [3.05, 3.63) is 83.2 Å². The molecule has 0 saturated carbocycles. The maximum atomic E-state index is 3.73. The summed E-state index contributed by atoms with van der Waals surface area (Å²) in [6.45, 7) is 7.47. The first-order chi connectivity index (χ1) is 10.2. The Hall–Kier alpha value is -2.80. The fourth-order valence-electron chi connectivity index (χ4n) is 2.34. The Bertz CT molecular complexity index is 877. The molecular formula is C20H17N. The molecule has 1 heterocycles. The van der Waals surface area contributed by atoms with Crippen LogP contribution in [0.1, 0.15) is 0 Å². The van der Waals surface area contributed by atoms with Gasteiger partial charge in [-0.05, 0) is 22.6 Å². The summed E-state index contributed by atoms with van der Waals surface area (Å²) in [4.78, 5) is 3.38. The number of hydrogen-bond acceptors (Lipinski definition) is 0. The minimum atomic E-state index is 1.04. The van der Waals surface area contributed by atoms with E-state index in [1.165, 1.54) is 21.8 Å². The topological polar surface area (TPSA) is 15.8 Å². The molecule has 0 atom stereocenters. The van der Waals surface area contributed by atoms with E-state index in [0.717, 1.165) is 10.4 Å². The molecule has 0 radical (unpaired) electrons. The van der Waals surface area contributed by atoms with Crippen LogP contribution in [0.5, 0.6) is 0 Å². The summed E-state index contributed by atoms with van der Waals surface area (Å²) in [5.41, 5.74) is 2.42. The molecule has 3 aromatic carbocycles. The van der Waals surface area contributed by atoms with E-state index >= 15 is 0 Å². The molecule has 0 saturated heterocycles.